The van der Waals surface area contributed by atoms with Crippen LogP contribution in [0.15, 0.2) is 10.9 Å². The fourth-order valence-electron chi connectivity index (χ4n) is 1.53. The number of aromatic amines is 1. The number of hydrogen-bond acceptors (Lipinski definition) is 5. The summed E-state index contributed by atoms with van der Waals surface area (Å²) in [5.74, 6) is 1.37. The number of rotatable bonds is 4. The van der Waals surface area contributed by atoms with Gasteiger partial charge in [0.05, 0.1) is 0 Å². The highest BCUT2D eigenvalue weighted by Crippen LogP contribution is 2.08. The van der Waals surface area contributed by atoms with Gasteiger partial charge >= 0.3 is 5.69 Å². The van der Waals surface area contributed by atoms with Crippen LogP contribution >= 0.6 is 0 Å². The lowest BCUT2D eigenvalue weighted by atomic mass is 10.2. The molecule has 0 bridgehead atoms. The van der Waals surface area contributed by atoms with E-state index in [0.29, 0.717) is 23.8 Å². The van der Waals surface area contributed by atoms with Gasteiger partial charge in [-0.3, -0.25) is 0 Å². The molecule has 92 valence electrons. The number of anilines is 1. The van der Waals surface area contributed by atoms with Crippen LogP contribution in [0.5, 0.6) is 0 Å². The molecule has 17 heavy (non-hydrogen) atoms. The number of aliphatic hydroxyl groups is 1. The molecule has 0 saturated carbocycles. The normalized spacial score (nSPS) is 12.9. The molecule has 7 heteroatoms. The number of nitrogens with one attached hydrogen (secondary N) is 2. The molecule has 0 amide bonds. The highest BCUT2D eigenvalue weighted by Gasteiger charge is 2.07. The zero-order valence-corrected chi connectivity index (χ0v) is 9.77. The standard InChI is InChI=1S/C10H15N5O2/c1-6(5-16)4-11-8-3-9-13-14-10(17)15(9)7(2)12-8/h3,6,11,16H,4-5H2,1-2H3,(H,14,17). The molecule has 1 atom stereocenters. The number of H-pyrrole nitrogens is 1. The van der Waals surface area contributed by atoms with Crippen molar-refractivity contribution in [1.82, 2.24) is 19.6 Å². The Bertz CT molecular complexity index is 574. The smallest absolute Gasteiger partial charge is 0.349 e. The molecule has 0 aromatic carbocycles. The van der Waals surface area contributed by atoms with Gasteiger partial charge in [-0.25, -0.2) is 19.3 Å². The van der Waals surface area contributed by atoms with Crippen LogP contribution in [0.4, 0.5) is 5.82 Å². The maximum Gasteiger partial charge on any atom is 0.349 e. The minimum atomic E-state index is -0.291. The molecule has 3 N–H and O–H groups in total. The van der Waals surface area contributed by atoms with Gasteiger partial charge in [-0.05, 0) is 12.8 Å². The van der Waals surface area contributed by atoms with Gasteiger partial charge in [-0.15, -0.1) is 0 Å². The summed E-state index contributed by atoms with van der Waals surface area (Å²) in [4.78, 5) is 15.6. The lowest BCUT2D eigenvalue weighted by Crippen LogP contribution is -2.17. The highest BCUT2D eigenvalue weighted by molar-refractivity contribution is 5.49. The van der Waals surface area contributed by atoms with Crippen LogP contribution in [0, 0.1) is 12.8 Å². The fourth-order valence-corrected chi connectivity index (χ4v) is 1.53. The first-order chi connectivity index (χ1) is 8.11. The van der Waals surface area contributed by atoms with Gasteiger partial charge in [0.25, 0.3) is 0 Å². The predicted octanol–water partition coefficient (Wildman–Crippen LogP) is -0.234. The van der Waals surface area contributed by atoms with Crippen molar-refractivity contribution in [2.45, 2.75) is 13.8 Å². The second-order valence-electron chi connectivity index (χ2n) is 4.08. The van der Waals surface area contributed by atoms with Crippen LogP contribution in [0.1, 0.15) is 12.7 Å². The lowest BCUT2D eigenvalue weighted by Gasteiger charge is -2.10. The summed E-state index contributed by atoms with van der Waals surface area (Å²) in [5.41, 5.74) is 0.238. The maximum atomic E-state index is 11.4. The van der Waals surface area contributed by atoms with Crippen LogP contribution in [-0.2, 0) is 0 Å². The van der Waals surface area contributed by atoms with Crippen molar-refractivity contribution in [3.05, 3.63) is 22.4 Å². The first-order valence-corrected chi connectivity index (χ1v) is 5.41. The number of hydrogen-bond donors (Lipinski definition) is 3. The Morgan fingerprint density at radius 1 is 1.65 bits per heavy atom. The second-order valence-corrected chi connectivity index (χ2v) is 4.08. The van der Waals surface area contributed by atoms with Crippen molar-refractivity contribution in [3.8, 4) is 0 Å². The Morgan fingerprint density at radius 3 is 3.12 bits per heavy atom. The molecular formula is C10H15N5O2. The van der Waals surface area contributed by atoms with E-state index in [1.165, 1.54) is 4.40 Å². The number of fused-ring (bicyclic) bond motifs is 1. The molecule has 0 aliphatic rings. The Balaban J connectivity index is 2.28. The number of aromatic nitrogens is 4. The van der Waals surface area contributed by atoms with Crippen LogP contribution in [0.25, 0.3) is 5.65 Å². The van der Waals surface area contributed by atoms with E-state index >= 15 is 0 Å². The van der Waals surface area contributed by atoms with E-state index in [-0.39, 0.29) is 18.2 Å². The molecule has 0 aliphatic carbocycles. The van der Waals surface area contributed by atoms with Gasteiger partial charge in [-0.2, -0.15) is 5.10 Å². The van der Waals surface area contributed by atoms with E-state index in [2.05, 4.69) is 20.5 Å². The summed E-state index contributed by atoms with van der Waals surface area (Å²) in [6.45, 7) is 4.41. The van der Waals surface area contributed by atoms with E-state index in [1.54, 1.807) is 13.0 Å². The summed E-state index contributed by atoms with van der Waals surface area (Å²) in [6, 6.07) is 1.69. The fraction of sp³-hybridized carbons (Fsp3) is 0.500. The molecule has 2 aromatic heterocycles. The summed E-state index contributed by atoms with van der Waals surface area (Å²) in [7, 11) is 0. The Kier molecular flexibility index (Phi) is 3.10. The molecule has 0 spiro atoms. The first kappa shape index (κ1) is 11.6. The molecule has 0 fully saturated rings. The lowest BCUT2D eigenvalue weighted by molar-refractivity contribution is 0.244. The van der Waals surface area contributed by atoms with Crippen molar-refractivity contribution >= 4 is 11.5 Å². The average molecular weight is 237 g/mol. The molecule has 0 saturated heterocycles. The summed E-state index contributed by atoms with van der Waals surface area (Å²) >= 11 is 0. The molecule has 7 nitrogen and oxygen atoms in total. The van der Waals surface area contributed by atoms with Gasteiger partial charge in [0.15, 0.2) is 5.65 Å². The van der Waals surface area contributed by atoms with Crippen LogP contribution in [-0.4, -0.2) is 37.8 Å². The molecular weight excluding hydrogens is 222 g/mol. The maximum absolute atomic E-state index is 11.4. The molecule has 0 aliphatic heterocycles. The van der Waals surface area contributed by atoms with Crippen molar-refractivity contribution < 1.29 is 5.11 Å². The van der Waals surface area contributed by atoms with E-state index in [9.17, 15) is 4.79 Å². The van der Waals surface area contributed by atoms with Crippen LogP contribution < -0.4 is 11.0 Å². The van der Waals surface area contributed by atoms with Crippen molar-refractivity contribution in [2.75, 3.05) is 18.5 Å². The quantitative estimate of drug-likeness (QED) is 0.682. The average Bonchev–Trinajstić information content (AvgIpc) is 2.68. The van der Waals surface area contributed by atoms with Gasteiger partial charge in [0.2, 0.25) is 0 Å². The largest absolute Gasteiger partial charge is 0.396 e. The van der Waals surface area contributed by atoms with Gasteiger partial charge in [-0.1, -0.05) is 6.92 Å². The molecule has 1 unspecified atom stereocenters. The van der Waals surface area contributed by atoms with E-state index < -0.39 is 0 Å². The summed E-state index contributed by atoms with van der Waals surface area (Å²) in [5, 5.41) is 18.3. The topological polar surface area (TPSA) is 95.3 Å². The Morgan fingerprint density at radius 2 is 2.41 bits per heavy atom. The molecule has 2 aromatic rings. The third-order valence-corrected chi connectivity index (χ3v) is 2.51. The molecule has 0 radical (unpaired) electrons. The zero-order chi connectivity index (χ0) is 12.4. The van der Waals surface area contributed by atoms with Crippen LogP contribution in [0.3, 0.4) is 0 Å². The van der Waals surface area contributed by atoms with Crippen molar-refractivity contribution in [1.29, 1.82) is 0 Å². The van der Waals surface area contributed by atoms with E-state index in [0.717, 1.165) is 0 Å². The third-order valence-electron chi connectivity index (χ3n) is 2.51. The van der Waals surface area contributed by atoms with Crippen molar-refractivity contribution in [3.63, 3.8) is 0 Å². The monoisotopic (exact) mass is 237 g/mol. The number of aliphatic hydroxyl groups excluding tert-OH is 1. The van der Waals surface area contributed by atoms with Crippen LogP contribution in [0.2, 0.25) is 0 Å². The van der Waals surface area contributed by atoms with Gasteiger partial charge < -0.3 is 10.4 Å². The Hall–Kier alpha value is -1.89. The minimum Gasteiger partial charge on any atom is -0.396 e. The van der Waals surface area contributed by atoms with Crippen molar-refractivity contribution in [2.24, 2.45) is 5.92 Å². The van der Waals surface area contributed by atoms with Gasteiger partial charge in [0.1, 0.15) is 11.6 Å². The first-order valence-electron chi connectivity index (χ1n) is 5.41. The molecule has 2 heterocycles. The second kappa shape index (κ2) is 4.54. The Labute approximate surface area is 97.5 Å². The van der Waals surface area contributed by atoms with Gasteiger partial charge in [0, 0.05) is 19.2 Å². The third kappa shape index (κ3) is 2.28. The highest BCUT2D eigenvalue weighted by atomic mass is 16.3. The number of aryl methyl sites for hydroxylation is 1. The number of nitrogens with zero attached hydrogens (tertiary/aromatic N) is 3. The summed E-state index contributed by atoms with van der Waals surface area (Å²) < 4.78 is 1.40. The molecule has 2 rings (SSSR count). The summed E-state index contributed by atoms with van der Waals surface area (Å²) in [6.07, 6.45) is 0. The zero-order valence-electron chi connectivity index (χ0n) is 9.77. The predicted molar refractivity (Wildman–Crippen MR) is 63.1 cm³/mol. The SMILES string of the molecule is Cc1nc(NCC(C)CO)cc2n[nH]c(=O)n12. The van der Waals surface area contributed by atoms with E-state index in [4.69, 9.17) is 5.11 Å². The minimum absolute atomic E-state index is 0.121. The van der Waals surface area contributed by atoms with E-state index in [1.807, 2.05) is 6.92 Å².